The van der Waals surface area contributed by atoms with Crippen molar-refractivity contribution in [2.24, 2.45) is 5.92 Å². The topological polar surface area (TPSA) is 71.5 Å². The van der Waals surface area contributed by atoms with Crippen LogP contribution in [-0.2, 0) is 4.74 Å². The molecule has 1 unspecified atom stereocenters. The first-order valence-corrected chi connectivity index (χ1v) is 8.79. The van der Waals surface area contributed by atoms with Crippen molar-refractivity contribution < 1.29 is 14.3 Å². The number of amides is 2. The molecule has 3 heterocycles. The van der Waals surface area contributed by atoms with E-state index in [1.54, 1.807) is 18.2 Å². The highest BCUT2D eigenvalue weighted by Gasteiger charge is 2.23. The maximum absolute atomic E-state index is 12.6. The minimum Gasteiger partial charge on any atom is -0.376 e. The van der Waals surface area contributed by atoms with Gasteiger partial charge in [0, 0.05) is 26.2 Å². The lowest BCUT2D eigenvalue weighted by Gasteiger charge is -2.30. The summed E-state index contributed by atoms with van der Waals surface area (Å²) in [6, 6.07) is 5.03. The fourth-order valence-corrected chi connectivity index (χ4v) is 3.16. The van der Waals surface area contributed by atoms with Gasteiger partial charge in [-0.1, -0.05) is 13.0 Å². The van der Waals surface area contributed by atoms with Crippen LogP contribution in [-0.4, -0.2) is 54.0 Å². The Balaban J connectivity index is 1.60. The summed E-state index contributed by atoms with van der Waals surface area (Å²) in [4.78, 5) is 30.9. The fraction of sp³-hybridized carbons (Fsp3) is 0.611. The molecule has 2 aliphatic rings. The number of nitrogens with one attached hydrogen (secondary N) is 1. The van der Waals surface area contributed by atoms with E-state index in [9.17, 15) is 9.59 Å². The molecule has 2 aliphatic heterocycles. The largest absolute Gasteiger partial charge is 0.376 e. The molecule has 0 spiro atoms. The van der Waals surface area contributed by atoms with Crippen LogP contribution in [0.25, 0.3) is 0 Å². The van der Waals surface area contributed by atoms with Gasteiger partial charge < -0.3 is 15.0 Å². The zero-order valence-corrected chi connectivity index (χ0v) is 14.2. The molecule has 6 nitrogen and oxygen atoms in total. The molecule has 3 rings (SSSR count). The highest BCUT2D eigenvalue weighted by Crippen LogP contribution is 2.18. The molecule has 24 heavy (non-hydrogen) atoms. The van der Waals surface area contributed by atoms with Crippen molar-refractivity contribution in [1.29, 1.82) is 0 Å². The number of nitrogens with zero attached hydrogens (tertiary/aromatic N) is 2. The van der Waals surface area contributed by atoms with E-state index in [1.165, 1.54) is 0 Å². The van der Waals surface area contributed by atoms with Crippen LogP contribution < -0.4 is 5.32 Å². The monoisotopic (exact) mass is 331 g/mol. The maximum Gasteiger partial charge on any atom is 0.272 e. The summed E-state index contributed by atoms with van der Waals surface area (Å²) >= 11 is 0. The number of rotatable bonds is 4. The minimum absolute atomic E-state index is 0.0873. The smallest absolute Gasteiger partial charge is 0.272 e. The molecule has 0 radical (unpaired) electrons. The van der Waals surface area contributed by atoms with Gasteiger partial charge in [0.1, 0.15) is 11.4 Å². The quantitative estimate of drug-likeness (QED) is 0.914. The molecule has 1 aromatic rings. The first kappa shape index (κ1) is 16.9. The van der Waals surface area contributed by atoms with E-state index in [0.717, 1.165) is 45.4 Å². The summed E-state index contributed by atoms with van der Waals surface area (Å²) in [5.74, 6) is 0.319. The Kier molecular flexibility index (Phi) is 5.45. The zero-order chi connectivity index (χ0) is 16.9. The summed E-state index contributed by atoms with van der Waals surface area (Å²) < 4.78 is 5.49. The van der Waals surface area contributed by atoms with Crippen molar-refractivity contribution in [2.45, 2.75) is 38.7 Å². The minimum atomic E-state index is -0.257. The van der Waals surface area contributed by atoms with Crippen LogP contribution in [0.1, 0.15) is 53.6 Å². The van der Waals surface area contributed by atoms with Crippen LogP contribution in [0.2, 0.25) is 0 Å². The molecule has 1 N–H and O–H groups in total. The van der Waals surface area contributed by atoms with E-state index in [4.69, 9.17) is 4.74 Å². The highest BCUT2D eigenvalue weighted by molar-refractivity contribution is 5.96. The number of pyridine rings is 1. The molecular formula is C18H25N3O3. The molecule has 0 aromatic carbocycles. The lowest BCUT2D eigenvalue weighted by molar-refractivity contribution is 0.0691. The van der Waals surface area contributed by atoms with E-state index >= 15 is 0 Å². The van der Waals surface area contributed by atoms with E-state index < -0.39 is 0 Å². The third-order valence-electron chi connectivity index (χ3n) is 4.79. The first-order chi connectivity index (χ1) is 11.6. The summed E-state index contributed by atoms with van der Waals surface area (Å²) in [5, 5.41) is 2.84. The van der Waals surface area contributed by atoms with Crippen LogP contribution in [0.15, 0.2) is 18.2 Å². The van der Waals surface area contributed by atoms with Gasteiger partial charge >= 0.3 is 0 Å². The summed E-state index contributed by atoms with van der Waals surface area (Å²) in [6.45, 7) is 4.98. The van der Waals surface area contributed by atoms with E-state index in [1.807, 2.05) is 4.90 Å². The van der Waals surface area contributed by atoms with Crippen molar-refractivity contribution in [3.63, 3.8) is 0 Å². The van der Waals surface area contributed by atoms with Crippen LogP contribution in [0.3, 0.4) is 0 Å². The van der Waals surface area contributed by atoms with Crippen molar-refractivity contribution in [3.05, 3.63) is 29.6 Å². The van der Waals surface area contributed by atoms with Gasteiger partial charge in [0.05, 0.1) is 6.10 Å². The van der Waals surface area contributed by atoms with Gasteiger partial charge in [0.2, 0.25) is 0 Å². The molecule has 1 aromatic heterocycles. The molecule has 130 valence electrons. The van der Waals surface area contributed by atoms with Crippen LogP contribution in [0.4, 0.5) is 0 Å². The van der Waals surface area contributed by atoms with Crippen molar-refractivity contribution in [2.75, 3.05) is 26.2 Å². The molecule has 1 atom stereocenters. The van der Waals surface area contributed by atoms with Gasteiger partial charge in [-0.15, -0.1) is 0 Å². The number of aromatic nitrogens is 1. The average Bonchev–Trinajstić information content (AvgIpc) is 3.13. The van der Waals surface area contributed by atoms with E-state index in [2.05, 4.69) is 17.2 Å². The second-order valence-corrected chi connectivity index (χ2v) is 6.73. The van der Waals surface area contributed by atoms with Gasteiger partial charge in [-0.05, 0) is 43.7 Å². The van der Waals surface area contributed by atoms with Gasteiger partial charge in [0.25, 0.3) is 11.8 Å². The summed E-state index contributed by atoms with van der Waals surface area (Å²) in [7, 11) is 0. The molecule has 6 heteroatoms. The van der Waals surface area contributed by atoms with Gasteiger partial charge in [0.15, 0.2) is 0 Å². The van der Waals surface area contributed by atoms with Crippen molar-refractivity contribution >= 4 is 11.8 Å². The summed E-state index contributed by atoms with van der Waals surface area (Å²) in [5.41, 5.74) is 0.624. The fourth-order valence-electron chi connectivity index (χ4n) is 3.16. The van der Waals surface area contributed by atoms with Gasteiger partial charge in [-0.25, -0.2) is 4.98 Å². The molecule has 0 saturated carbocycles. The SMILES string of the molecule is CC1CCN(C(=O)c2cccc(C(=O)NCC3CCCO3)n2)CC1. The number of carbonyl (C=O) groups is 2. The second kappa shape index (κ2) is 7.75. The Hall–Kier alpha value is -1.95. The highest BCUT2D eigenvalue weighted by atomic mass is 16.5. The molecule has 2 saturated heterocycles. The number of hydrogen-bond acceptors (Lipinski definition) is 4. The maximum atomic E-state index is 12.6. The standard InChI is InChI=1S/C18H25N3O3/c1-13-7-9-21(10-8-13)18(23)16-6-2-5-15(20-16)17(22)19-12-14-4-3-11-24-14/h2,5-6,13-14H,3-4,7-12H2,1H3,(H,19,22). The van der Waals surface area contributed by atoms with Gasteiger partial charge in [-0.3, -0.25) is 9.59 Å². The number of carbonyl (C=O) groups excluding carboxylic acids is 2. The zero-order valence-electron chi connectivity index (χ0n) is 14.2. The number of hydrogen-bond donors (Lipinski definition) is 1. The molecule has 0 bridgehead atoms. The van der Waals surface area contributed by atoms with Crippen molar-refractivity contribution in [3.8, 4) is 0 Å². The van der Waals surface area contributed by atoms with E-state index in [-0.39, 0.29) is 23.6 Å². The number of likely N-dealkylation sites (tertiary alicyclic amines) is 1. The van der Waals surface area contributed by atoms with E-state index in [0.29, 0.717) is 18.2 Å². The Bertz CT molecular complexity index is 591. The average molecular weight is 331 g/mol. The third-order valence-corrected chi connectivity index (χ3v) is 4.79. The summed E-state index contributed by atoms with van der Waals surface area (Å²) in [6.07, 6.45) is 4.14. The molecule has 2 fully saturated rings. The normalized spacial score (nSPS) is 21.7. The number of piperidine rings is 1. The predicted octanol–water partition coefficient (Wildman–Crippen LogP) is 1.86. The lowest BCUT2D eigenvalue weighted by Crippen LogP contribution is -2.38. The van der Waals surface area contributed by atoms with Crippen LogP contribution in [0, 0.1) is 5.92 Å². The predicted molar refractivity (Wildman–Crippen MR) is 89.8 cm³/mol. The van der Waals surface area contributed by atoms with Gasteiger partial charge in [-0.2, -0.15) is 0 Å². The van der Waals surface area contributed by atoms with Crippen LogP contribution >= 0.6 is 0 Å². The molecule has 0 aliphatic carbocycles. The Morgan fingerprint density at radius 1 is 1.25 bits per heavy atom. The Morgan fingerprint density at radius 3 is 2.71 bits per heavy atom. The third kappa shape index (κ3) is 4.12. The molecule has 2 amide bonds. The first-order valence-electron chi connectivity index (χ1n) is 8.79. The molecular weight excluding hydrogens is 306 g/mol. The van der Waals surface area contributed by atoms with Crippen molar-refractivity contribution in [1.82, 2.24) is 15.2 Å². The lowest BCUT2D eigenvalue weighted by atomic mass is 9.99. The Morgan fingerprint density at radius 2 is 2.00 bits per heavy atom. The Labute approximate surface area is 142 Å². The number of ether oxygens (including phenoxy) is 1. The van der Waals surface area contributed by atoms with Crippen LogP contribution in [0.5, 0.6) is 0 Å². The second-order valence-electron chi connectivity index (χ2n) is 6.73.